The molecule has 0 radical (unpaired) electrons. The van der Waals surface area contributed by atoms with E-state index in [4.69, 9.17) is 23.2 Å². The monoisotopic (exact) mass is 346 g/mol. The Balaban J connectivity index is 2.14. The van der Waals surface area contributed by atoms with Gasteiger partial charge >= 0.3 is 0 Å². The molecule has 2 rings (SSSR count). The lowest BCUT2D eigenvalue weighted by atomic mass is 10.0. The topological polar surface area (TPSA) is 66.9 Å². The van der Waals surface area contributed by atoms with Gasteiger partial charge < -0.3 is 10.6 Å². The molecule has 1 aromatic heterocycles. The smallest absolute Gasteiger partial charge is 0.239 e. The van der Waals surface area contributed by atoms with E-state index in [9.17, 15) is 4.79 Å². The standard InChI is InChI=1S/C13H16Cl2N4OS/c1-4-13(2,3)17-9(20)6-16-10-7(14)5-8(15)11-12(10)19-21-18-11/h5,16H,4,6H2,1-3H3,(H,17,20). The van der Waals surface area contributed by atoms with E-state index in [-0.39, 0.29) is 18.0 Å². The normalized spacial score (nSPS) is 11.7. The van der Waals surface area contributed by atoms with Crippen LogP contribution in [0.3, 0.4) is 0 Å². The van der Waals surface area contributed by atoms with Gasteiger partial charge in [-0.25, -0.2) is 0 Å². The number of nitrogens with one attached hydrogen (secondary N) is 2. The number of rotatable bonds is 5. The summed E-state index contributed by atoms with van der Waals surface area (Å²) in [6.45, 7) is 6.08. The second-order valence-corrected chi connectivity index (χ2v) is 6.66. The van der Waals surface area contributed by atoms with Crippen molar-refractivity contribution in [3.05, 3.63) is 16.1 Å². The van der Waals surface area contributed by atoms with Crippen molar-refractivity contribution in [3.8, 4) is 0 Å². The summed E-state index contributed by atoms with van der Waals surface area (Å²) in [7, 11) is 0. The van der Waals surface area contributed by atoms with E-state index in [1.807, 2.05) is 20.8 Å². The molecule has 0 aliphatic rings. The van der Waals surface area contributed by atoms with Gasteiger partial charge in [0.15, 0.2) is 0 Å². The quantitative estimate of drug-likeness (QED) is 0.865. The predicted octanol–water partition coefficient (Wildman–Crippen LogP) is 3.71. The van der Waals surface area contributed by atoms with Gasteiger partial charge in [-0.1, -0.05) is 30.1 Å². The summed E-state index contributed by atoms with van der Waals surface area (Å²) in [6, 6.07) is 1.60. The summed E-state index contributed by atoms with van der Waals surface area (Å²) in [5.74, 6) is -0.107. The Morgan fingerprint density at radius 1 is 1.29 bits per heavy atom. The third-order valence-corrected chi connectivity index (χ3v) is 4.35. The first-order valence-electron chi connectivity index (χ1n) is 6.49. The molecule has 5 nitrogen and oxygen atoms in total. The zero-order valence-corrected chi connectivity index (χ0v) is 14.3. The number of aromatic nitrogens is 2. The van der Waals surface area contributed by atoms with Crippen molar-refractivity contribution >= 4 is 57.6 Å². The van der Waals surface area contributed by atoms with Crippen molar-refractivity contribution in [1.29, 1.82) is 0 Å². The Labute approximate surface area is 137 Å². The van der Waals surface area contributed by atoms with Crippen LogP contribution in [0.5, 0.6) is 0 Å². The number of fused-ring (bicyclic) bond motifs is 1. The first kappa shape index (κ1) is 16.3. The fourth-order valence-electron chi connectivity index (χ4n) is 1.72. The van der Waals surface area contributed by atoms with Crippen LogP contribution in [0.4, 0.5) is 5.69 Å². The van der Waals surface area contributed by atoms with Crippen LogP contribution in [0.1, 0.15) is 27.2 Å². The maximum atomic E-state index is 12.0. The van der Waals surface area contributed by atoms with E-state index < -0.39 is 0 Å². The summed E-state index contributed by atoms with van der Waals surface area (Å²) < 4.78 is 8.30. The van der Waals surface area contributed by atoms with Gasteiger partial charge in [0.25, 0.3) is 0 Å². The van der Waals surface area contributed by atoms with Crippen LogP contribution >= 0.6 is 34.9 Å². The molecule has 2 N–H and O–H groups in total. The molecule has 8 heteroatoms. The van der Waals surface area contributed by atoms with Crippen LogP contribution in [0, 0.1) is 0 Å². The highest BCUT2D eigenvalue weighted by Gasteiger charge is 2.19. The molecule has 0 saturated heterocycles. The summed E-state index contributed by atoms with van der Waals surface area (Å²) in [4.78, 5) is 12.0. The van der Waals surface area contributed by atoms with Gasteiger partial charge in [0.05, 0.1) is 34.0 Å². The van der Waals surface area contributed by atoms with Crippen molar-refractivity contribution < 1.29 is 4.79 Å². The zero-order valence-electron chi connectivity index (χ0n) is 12.0. The number of carbonyl (C=O) groups excluding carboxylic acids is 1. The molecule has 2 aromatic rings. The molecule has 1 aromatic carbocycles. The van der Waals surface area contributed by atoms with Gasteiger partial charge in [0.1, 0.15) is 11.0 Å². The largest absolute Gasteiger partial charge is 0.373 e. The minimum atomic E-state index is -0.236. The van der Waals surface area contributed by atoms with E-state index in [0.29, 0.717) is 26.8 Å². The highest BCUT2D eigenvalue weighted by atomic mass is 35.5. The van der Waals surface area contributed by atoms with Gasteiger partial charge in [-0.2, -0.15) is 8.75 Å². The second kappa shape index (κ2) is 6.34. The zero-order chi connectivity index (χ0) is 15.6. The Morgan fingerprint density at radius 2 is 1.95 bits per heavy atom. The van der Waals surface area contributed by atoms with Gasteiger partial charge in [-0.05, 0) is 26.3 Å². The van der Waals surface area contributed by atoms with Gasteiger partial charge in [0, 0.05) is 5.54 Å². The Kier molecular flexibility index (Phi) is 4.91. The Bertz CT molecular complexity index is 671. The van der Waals surface area contributed by atoms with E-state index in [2.05, 4.69) is 19.4 Å². The van der Waals surface area contributed by atoms with Crippen LogP contribution in [0.2, 0.25) is 10.0 Å². The van der Waals surface area contributed by atoms with Crippen LogP contribution in [-0.2, 0) is 4.79 Å². The minimum absolute atomic E-state index is 0.107. The molecule has 114 valence electrons. The molecule has 0 atom stereocenters. The molecule has 0 fully saturated rings. The summed E-state index contributed by atoms with van der Waals surface area (Å²) >= 11 is 13.3. The number of halogens is 2. The number of amides is 1. The van der Waals surface area contributed by atoms with Crippen molar-refractivity contribution in [3.63, 3.8) is 0 Å². The molecule has 21 heavy (non-hydrogen) atoms. The van der Waals surface area contributed by atoms with Crippen LogP contribution in [0.15, 0.2) is 6.07 Å². The maximum absolute atomic E-state index is 12.0. The molecule has 0 aliphatic carbocycles. The maximum Gasteiger partial charge on any atom is 0.239 e. The van der Waals surface area contributed by atoms with E-state index >= 15 is 0 Å². The number of nitrogens with zero attached hydrogens (tertiary/aromatic N) is 2. The summed E-state index contributed by atoms with van der Waals surface area (Å²) in [6.07, 6.45) is 0.848. The molecule has 0 spiro atoms. The van der Waals surface area contributed by atoms with Crippen LogP contribution < -0.4 is 10.6 Å². The van der Waals surface area contributed by atoms with Gasteiger partial charge in [0.2, 0.25) is 5.91 Å². The Morgan fingerprint density at radius 3 is 2.62 bits per heavy atom. The van der Waals surface area contributed by atoms with Crippen molar-refractivity contribution in [2.75, 3.05) is 11.9 Å². The molecular weight excluding hydrogens is 331 g/mol. The highest BCUT2D eigenvalue weighted by molar-refractivity contribution is 7.00. The fourth-order valence-corrected chi connectivity index (χ4v) is 2.90. The van der Waals surface area contributed by atoms with E-state index in [1.165, 1.54) is 0 Å². The summed E-state index contributed by atoms with van der Waals surface area (Å²) in [5, 5.41) is 6.83. The van der Waals surface area contributed by atoms with Crippen molar-refractivity contribution in [2.24, 2.45) is 0 Å². The summed E-state index contributed by atoms with van der Waals surface area (Å²) in [5.41, 5.74) is 1.51. The third-order valence-electron chi connectivity index (χ3n) is 3.23. The molecule has 0 unspecified atom stereocenters. The first-order valence-corrected chi connectivity index (χ1v) is 7.98. The molecule has 0 saturated carbocycles. The predicted molar refractivity (Wildman–Crippen MR) is 88.4 cm³/mol. The molecule has 1 heterocycles. The first-order chi connectivity index (χ1) is 9.84. The third kappa shape index (κ3) is 3.75. The molecule has 0 aliphatic heterocycles. The average molecular weight is 347 g/mol. The molecule has 0 bridgehead atoms. The van der Waals surface area contributed by atoms with E-state index in [0.717, 1.165) is 18.1 Å². The van der Waals surface area contributed by atoms with Gasteiger partial charge in [-0.15, -0.1) is 0 Å². The fraction of sp³-hybridized carbons (Fsp3) is 0.462. The number of benzene rings is 1. The lowest BCUT2D eigenvalue weighted by Gasteiger charge is -2.24. The van der Waals surface area contributed by atoms with Crippen molar-refractivity contribution in [1.82, 2.24) is 14.1 Å². The molecule has 1 amide bonds. The molecular formula is C13H16Cl2N4OS. The van der Waals surface area contributed by atoms with Crippen molar-refractivity contribution in [2.45, 2.75) is 32.7 Å². The average Bonchev–Trinajstić information content (AvgIpc) is 2.87. The lowest BCUT2D eigenvalue weighted by molar-refractivity contribution is -0.121. The SMILES string of the molecule is CCC(C)(C)NC(=O)CNc1c(Cl)cc(Cl)c2nsnc12. The lowest BCUT2D eigenvalue weighted by Crippen LogP contribution is -2.45. The van der Waals surface area contributed by atoms with E-state index in [1.54, 1.807) is 6.07 Å². The number of carbonyl (C=O) groups is 1. The highest BCUT2D eigenvalue weighted by Crippen LogP contribution is 2.34. The second-order valence-electron chi connectivity index (χ2n) is 5.32. The number of anilines is 1. The number of hydrogen-bond acceptors (Lipinski definition) is 5. The Hall–Kier alpha value is -1.11. The van der Waals surface area contributed by atoms with Crippen LogP contribution in [-0.4, -0.2) is 26.7 Å². The van der Waals surface area contributed by atoms with Crippen LogP contribution in [0.25, 0.3) is 11.0 Å². The number of hydrogen-bond donors (Lipinski definition) is 2. The minimum Gasteiger partial charge on any atom is -0.373 e. The van der Waals surface area contributed by atoms with Gasteiger partial charge in [-0.3, -0.25) is 4.79 Å².